The monoisotopic (exact) mass is 265 g/mol. The van der Waals surface area contributed by atoms with Crippen LogP contribution in [0.3, 0.4) is 0 Å². The fraction of sp³-hybridized carbons (Fsp3) is 0.0769. The lowest BCUT2D eigenvalue weighted by Crippen LogP contribution is -2.04. The van der Waals surface area contributed by atoms with Crippen LogP contribution >= 0.6 is 23.2 Å². The minimum absolute atomic E-state index is 0.0644. The molecule has 0 N–H and O–H groups in total. The second-order valence-corrected chi connectivity index (χ2v) is 4.43. The Morgan fingerprint density at radius 2 is 2.06 bits per heavy atom. The lowest BCUT2D eigenvalue weighted by molar-refractivity contribution is 0.0993. The molecule has 0 aliphatic rings. The van der Waals surface area contributed by atoms with Crippen molar-refractivity contribution in [1.29, 1.82) is 0 Å². The summed E-state index contributed by atoms with van der Waals surface area (Å²) in [5.41, 5.74) is 1.30. The van der Waals surface area contributed by atoms with Gasteiger partial charge in [-0.3, -0.25) is 9.78 Å². The third kappa shape index (κ3) is 3.05. The normalized spacial score (nSPS) is 10.2. The molecule has 2 aromatic rings. The van der Waals surface area contributed by atoms with Gasteiger partial charge in [-0.05, 0) is 29.8 Å². The smallest absolute Gasteiger partial charge is 0.168 e. The van der Waals surface area contributed by atoms with Gasteiger partial charge in [0.1, 0.15) is 0 Å². The number of halogens is 2. The summed E-state index contributed by atoms with van der Waals surface area (Å²) in [6, 6.07) is 8.51. The molecule has 0 amide bonds. The van der Waals surface area contributed by atoms with E-state index in [1.165, 1.54) is 0 Å². The number of rotatable bonds is 3. The molecule has 86 valence electrons. The van der Waals surface area contributed by atoms with Crippen molar-refractivity contribution in [3.8, 4) is 0 Å². The number of carbonyl (C=O) groups excluding carboxylic acids is 1. The predicted octanol–water partition coefficient (Wildman–Crippen LogP) is 3.81. The van der Waals surface area contributed by atoms with Crippen molar-refractivity contribution in [2.75, 3.05) is 0 Å². The van der Waals surface area contributed by atoms with Gasteiger partial charge in [0.05, 0.1) is 5.02 Å². The number of hydrogen-bond donors (Lipinski definition) is 0. The van der Waals surface area contributed by atoms with Crippen molar-refractivity contribution in [3.05, 3.63) is 63.9 Å². The van der Waals surface area contributed by atoms with Crippen LogP contribution in [0.25, 0.3) is 0 Å². The van der Waals surface area contributed by atoms with E-state index in [4.69, 9.17) is 23.2 Å². The number of nitrogens with zero attached hydrogens (tertiary/aromatic N) is 1. The fourth-order valence-corrected chi connectivity index (χ4v) is 1.89. The number of benzene rings is 1. The highest BCUT2D eigenvalue weighted by Gasteiger charge is 2.11. The van der Waals surface area contributed by atoms with Gasteiger partial charge in [-0.2, -0.15) is 0 Å². The number of Topliss-reactive ketones (excluding diaryl/α,β-unsaturated/α-hetero) is 1. The van der Waals surface area contributed by atoms with Crippen molar-refractivity contribution in [2.45, 2.75) is 6.42 Å². The zero-order chi connectivity index (χ0) is 12.3. The summed E-state index contributed by atoms with van der Waals surface area (Å²) in [6.45, 7) is 0. The van der Waals surface area contributed by atoms with Crippen LogP contribution in [-0.2, 0) is 6.42 Å². The first kappa shape index (κ1) is 12.1. The van der Waals surface area contributed by atoms with Gasteiger partial charge in [0, 0.05) is 29.4 Å². The maximum absolute atomic E-state index is 12.0. The van der Waals surface area contributed by atoms with Crippen LogP contribution in [0.2, 0.25) is 10.0 Å². The first-order chi connectivity index (χ1) is 8.16. The molecular weight excluding hydrogens is 257 g/mol. The van der Waals surface area contributed by atoms with E-state index in [1.807, 2.05) is 6.07 Å². The maximum Gasteiger partial charge on any atom is 0.168 e. The molecule has 0 radical (unpaired) electrons. The first-order valence-corrected chi connectivity index (χ1v) is 5.79. The van der Waals surface area contributed by atoms with E-state index < -0.39 is 0 Å². The van der Waals surface area contributed by atoms with Gasteiger partial charge in [0.2, 0.25) is 0 Å². The summed E-state index contributed by atoms with van der Waals surface area (Å²) < 4.78 is 0. The summed E-state index contributed by atoms with van der Waals surface area (Å²) in [6.07, 6.45) is 3.60. The highest BCUT2D eigenvalue weighted by Crippen LogP contribution is 2.22. The molecule has 0 spiro atoms. The Labute approximate surface area is 109 Å². The minimum atomic E-state index is -0.0644. The van der Waals surface area contributed by atoms with E-state index in [9.17, 15) is 4.79 Å². The van der Waals surface area contributed by atoms with Gasteiger partial charge in [0.25, 0.3) is 0 Å². The van der Waals surface area contributed by atoms with E-state index in [-0.39, 0.29) is 12.2 Å². The lowest BCUT2D eigenvalue weighted by Gasteiger charge is -2.04. The van der Waals surface area contributed by atoms with Crippen LogP contribution < -0.4 is 0 Å². The third-order valence-corrected chi connectivity index (χ3v) is 2.88. The Morgan fingerprint density at radius 3 is 2.76 bits per heavy atom. The molecule has 0 saturated heterocycles. The van der Waals surface area contributed by atoms with Crippen molar-refractivity contribution in [3.63, 3.8) is 0 Å². The highest BCUT2D eigenvalue weighted by atomic mass is 35.5. The molecule has 0 bridgehead atoms. The average Bonchev–Trinajstić information content (AvgIpc) is 2.33. The van der Waals surface area contributed by atoms with Crippen LogP contribution in [0.5, 0.6) is 0 Å². The molecule has 17 heavy (non-hydrogen) atoms. The van der Waals surface area contributed by atoms with Crippen molar-refractivity contribution in [1.82, 2.24) is 4.98 Å². The number of aromatic nitrogens is 1. The van der Waals surface area contributed by atoms with E-state index in [2.05, 4.69) is 4.98 Å². The van der Waals surface area contributed by atoms with E-state index in [1.54, 1.807) is 36.7 Å². The molecule has 0 saturated carbocycles. The molecule has 0 atom stereocenters. The zero-order valence-corrected chi connectivity index (χ0v) is 10.4. The van der Waals surface area contributed by atoms with Gasteiger partial charge in [-0.15, -0.1) is 0 Å². The molecule has 1 aromatic carbocycles. The van der Waals surface area contributed by atoms with Crippen molar-refractivity contribution < 1.29 is 4.79 Å². The van der Waals surface area contributed by atoms with Crippen LogP contribution in [0.1, 0.15) is 15.9 Å². The Bertz CT molecular complexity index is 540. The largest absolute Gasteiger partial charge is 0.294 e. The number of hydrogen-bond acceptors (Lipinski definition) is 2. The minimum Gasteiger partial charge on any atom is -0.294 e. The number of carbonyl (C=O) groups is 1. The summed E-state index contributed by atoms with van der Waals surface area (Å²) in [7, 11) is 0. The van der Waals surface area contributed by atoms with Gasteiger partial charge in [0.15, 0.2) is 5.78 Å². The topological polar surface area (TPSA) is 30.0 Å². The number of ketones is 1. The van der Waals surface area contributed by atoms with E-state index in [0.717, 1.165) is 5.56 Å². The molecule has 1 aromatic heterocycles. The van der Waals surface area contributed by atoms with Gasteiger partial charge in [-0.1, -0.05) is 29.3 Å². The highest BCUT2D eigenvalue weighted by molar-refractivity contribution is 6.35. The van der Waals surface area contributed by atoms with Crippen molar-refractivity contribution >= 4 is 29.0 Å². The second kappa shape index (κ2) is 5.30. The molecule has 0 fully saturated rings. The van der Waals surface area contributed by atoms with Gasteiger partial charge in [-0.25, -0.2) is 0 Å². The van der Waals surface area contributed by atoms with Crippen LogP contribution in [-0.4, -0.2) is 10.8 Å². The third-order valence-electron chi connectivity index (χ3n) is 2.32. The molecule has 2 rings (SSSR count). The fourth-order valence-electron chi connectivity index (χ4n) is 1.49. The van der Waals surface area contributed by atoms with Crippen LogP contribution in [0.15, 0.2) is 42.7 Å². The Kier molecular flexibility index (Phi) is 3.77. The van der Waals surface area contributed by atoms with Gasteiger partial charge >= 0.3 is 0 Å². The second-order valence-electron chi connectivity index (χ2n) is 3.59. The quantitative estimate of drug-likeness (QED) is 0.790. The molecule has 4 heteroatoms. The first-order valence-electron chi connectivity index (χ1n) is 5.04. The van der Waals surface area contributed by atoms with Crippen LogP contribution in [0, 0.1) is 0 Å². The molecule has 0 aliphatic heterocycles. The summed E-state index contributed by atoms with van der Waals surface area (Å²) in [5.74, 6) is -0.0644. The average molecular weight is 266 g/mol. The SMILES string of the molecule is O=C(Cc1cccnc1)c1cc(Cl)ccc1Cl. The summed E-state index contributed by atoms with van der Waals surface area (Å²) >= 11 is 11.8. The van der Waals surface area contributed by atoms with Crippen molar-refractivity contribution in [2.24, 2.45) is 0 Å². The Balaban J connectivity index is 2.23. The van der Waals surface area contributed by atoms with E-state index in [0.29, 0.717) is 15.6 Å². The molecular formula is C13H9Cl2NO. The molecule has 0 unspecified atom stereocenters. The van der Waals surface area contributed by atoms with E-state index >= 15 is 0 Å². The molecule has 1 heterocycles. The predicted molar refractivity (Wildman–Crippen MR) is 68.7 cm³/mol. The maximum atomic E-state index is 12.0. The standard InChI is InChI=1S/C13H9Cl2NO/c14-10-3-4-12(15)11(7-10)13(17)6-9-2-1-5-16-8-9/h1-5,7-8H,6H2. The lowest BCUT2D eigenvalue weighted by atomic mass is 10.0. The Morgan fingerprint density at radius 1 is 1.24 bits per heavy atom. The van der Waals surface area contributed by atoms with Crippen LogP contribution in [0.4, 0.5) is 0 Å². The zero-order valence-electron chi connectivity index (χ0n) is 8.86. The summed E-state index contributed by atoms with van der Waals surface area (Å²) in [4.78, 5) is 16.0. The van der Waals surface area contributed by atoms with Gasteiger partial charge < -0.3 is 0 Å². The molecule has 0 aliphatic carbocycles. The number of pyridine rings is 1. The summed E-state index contributed by atoms with van der Waals surface area (Å²) in [5, 5.41) is 0.923. The Hall–Kier alpha value is -1.38. The molecule has 2 nitrogen and oxygen atoms in total.